The second-order valence-corrected chi connectivity index (χ2v) is 3.39. The Labute approximate surface area is 69.8 Å². The largest absolute Gasteiger partial charge is 0.325 e. The van der Waals surface area contributed by atoms with Crippen molar-refractivity contribution in [1.82, 2.24) is 9.55 Å². The third kappa shape index (κ3) is 1.89. The minimum Gasteiger partial charge on any atom is -0.313 e. The van der Waals surface area contributed by atoms with Crippen LogP contribution in [0.5, 0.6) is 0 Å². The van der Waals surface area contributed by atoms with Crippen LogP contribution in [0.3, 0.4) is 0 Å². The van der Waals surface area contributed by atoms with Crippen LogP contribution >= 0.6 is 11.8 Å². The van der Waals surface area contributed by atoms with Crippen LogP contribution in [0, 0.1) is 0 Å². The molecule has 1 heterocycles. The molecule has 4 heteroatoms. The summed E-state index contributed by atoms with van der Waals surface area (Å²) in [5, 5.41) is 0. The molecule has 0 radical (unpaired) electrons. The first-order valence-electron chi connectivity index (χ1n) is 3.50. The Morgan fingerprint density at radius 2 is 2.55 bits per heavy atom. The summed E-state index contributed by atoms with van der Waals surface area (Å²) in [5.41, 5.74) is -0.0217. The van der Waals surface area contributed by atoms with E-state index in [-0.39, 0.29) is 11.7 Å². The molecular formula is C7H12N2OS. The van der Waals surface area contributed by atoms with Gasteiger partial charge in [-0.25, -0.2) is 4.79 Å². The lowest BCUT2D eigenvalue weighted by atomic mass is 10.4. The molecule has 0 aliphatic rings. The highest BCUT2D eigenvalue weighted by molar-refractivity contribution is 7.98. The van der Waals surface area contributed by atoms with Gasteiger partial charge in [-0.15, -0.1) is 0 Å². The molecule has 0 saturated carbocycles. The van der Waals surface area contributed by atoms with E-state index >= 15 is 0 Å². The van der Waals surface area contributed by atoms with Gasteiger partial charge in [0.15, 0.2) is 0 Å². The Morgan fingerprint density at radius 3 is 3.00 bits per heavy atom. The van der Waals surface area contributed by atoms with E-state index in [0.717, 1.165) is 5.75 Å². The highest BCUT2D eigenvalue weighted by Crippen LogP contribution is 2.07. The van der Waals surface area contributed by atoms with Crippen LogP contribution in [0.2, 0.25) is 0 Å². The minimum atomic E-state index is -0.0217. The molecule has 0 aliphatic heterocycles. The lowest BCUT2D eigenvalue weighted by Crippen LogP contribution is -2.21. The zero-order valence-electron chi connectivity index (χ0n) is 6.70. The van der Waals surface area contributed by atoms with Gasteiger partial charge in [0, 0.05) is 24.2 Å². The van der Waals surface area contributed by atoms with Gasteiger partial charge < -0.3 is 4.98 Å². The molecule has 1 aromatic rings. The molecule has 0 spiro atoms. The highest BCUT2D eigenvalue weighted by atomic mass is 32.2. The molecule has 62 valence electrons. The van der Waals surface area contributed by atoms with E-state index in [2.05, 4.69) is 4.98 Å². The lowest BCUT2D eigenvalue weighted by molar-refractivity contribution is 0.589. The zero-order valence-corrected chi connectivity index (χ0v) is 7.52. The van der Waals surface area contributed by atoms with E-state index < -0.39 is 0 Å². The Hall–Kier alpha value is -0.640. The molecule has 11 heavy (non-hydrogen) atoms. The molecule has 0 fully saturated rings. The molecule has 3 nitrogen and oxygen atoms in total. The number of hydrogen-bond acceptors (Lipinski definition) is 2. The zero-order chi connectivity index (χ0) is 8.27. The second kappa shape index (κ2) is 3.67. The molecule has 0 amide bonds. The minimum absolute atomic E-state index is 0.0217. The summed E-state index contributed by atoms with van der Waals surface area (Å²) in [6, 6.07) is 0.281. The summed E-state index contributed by atoms with van der Waals surface area (Å²) in [5.74, 6) is 0.970. The van der Waals surface area contributed by atoms with Gasteiger partial charge in [-0.2, -0.15) is 11.8 Å². The summed E-state index contributed by atoms with van der Waals surface area (Å²) < 4.78 is 1.70. The number of hydrogen-bond donors (Lipinski definition) is 1. The van der Waals surface area contributed by atoms with E-state index in [1.54, 1.807) is 28.7 Å². The smallest absolute Gasteiger partial charge is 0.313 e. The first-order valence-corrected chi connectivity index (χ1v) is 4.89. The molecule has 1 unspecified atom stereocenters. The molecule has 1 rings (SSSR count). The maximum Gasteiger partial charge on any atom is 0.325 e. The molecule has 0 bridgehead atoms. The van der Waals surface area contributed by atoms with Crippen molar-refractivity contribution in [2.75, 3.05) is 12.0 Å². The van der Waals surface area contributed by atoms with E-state index in [4.69, 9.17) is 0 Å². The van der Waals surface area contributed by atoms with Crippen molar-refractivity contribution in [3.05, 3.63) is 22.9 Å². The number of nitrogens with one attached hydrogen (secondary N) is 1. The van der Waals surface area contributed by atoms with E-state index in [0.29, 0.717) is 0 Å². The standard InChI is InChI=1S/C7H12N2OS/c1-6(5-11-2)9-4-3-8-7(9)10/h3-4,6H,5H2,1-2H3,(H,8,10). The summed E-state index contributed by atoms with van der Waals surface area (Å²) >= 11 is 1.74. The molecular weight excluding hydrogens is 160 g/mol. The number of H-pyrrole nitrogens is 1. The van der Waals surface area contributed by atoms with Crippen molar-refractivity contribution in [2.24, 2.45) is 0 Å². The van der Waals surface area contributed by atoms with Crippen molar-refractivity contribution in [3.8, 4) is 0 Å². The van der Waals surface area contributed by atoms with E-state index in [1.807, 2.05) is 13.2 Å². The van der Waals surface area contributed by atoms with Crippen LogP contribution in [0.1, 0.15) is 13.0 Å². The molecule has 0 aliphatic carbocycles. The van der Waals surface area contributed by atoms with Crippen LogP contribution in [-0.2, 0) is 0 Å². The maximum atomic E-state index is 11.0. The van der Waals surface area contributed by atoms with Gasteiger partial charge in [-0.1, -0.05) is 0 Å². The molecule has 1 aromatic heterocycles. The number of aromatic nitrogens is 2. The SMILES string of the molecule is CSCC(C)n1cc[nH]c1=O. The lowest BCUT2D eigenvalue weighted by Gasteiger charge is -2.08. The predicted molar refractivity (Wildman–Crippen MR) is 48.1 cm³/mol. The molecule has 0 saturated heterocycles. The number of nitrogens with zero attached hydrogens (tertiary/aromatic N) is 1. The fourth-order valence-electron chi connectivity index (χ4n) is 1.000. The second-order valence-electron chi connectivity index (χ2n) is 2.48. The van der Waals surface area contributed by atoms with E-state index in [1.165, 1.54) is 0 Å². The number of aromatic amines is 1. The van der Waals surface area contributed by atoms with Gasteiger partial charge in [0.1, 0.15) is 0 Å². The maximum absolute atomic E-state index is 11.0. The first-order chi connectivity index (χ1) is 5.25. The highest BCUT2D eigenvalue weighted by Gasteiger charge is 2.04. The third-order valence-corrected chi connectivity index (χ3v) is 2.37. The third-order valence-electron chi connectivity index (χ3n) is 1.56. The fourth-order valence-corrected chi connectivity index (χ4v) is 1.64. The van der Waals surface area contributed by atoms with Crippen molar-refractivity contribution in [2.45, 2.75) is 13.0 Å². The Morgan fingerprint density at radius 1 is 1.82 bits per heavy atom. The van der Waals surface area contributed by atoms with Crippen molar-refractivity contribution in [3.63, 3.8) is 0 Å². The first kappa shape index (κ1) is 8.46. The van der Waals surface area contributed by atoms with Gasteiger partial charge in [-0.3, -0.25) is 4.57 Å². The van der Waals surface area contributed by atoms with Crippen molar-refractivity contribution < 1.29 is 0 Å². The van der Waals surface area contributed by atoms with Crippen LogP contribution in [-0.4, -0.2) is 21.6 Å². The summed E-state index contributed by atoms with van der Waals surface area (Å²) in [6.45, 7) is 2.03. The average Bonchev–Trinajstić information content (AvgIpc) is 2.36. The van der Waals surface area contributed by atoms with E-state index in [9.17, 15) is 4.79 Å². The quantitative estimate of drug-likeness (QED) is 0.741. The van der Waals surface area contributed by atoms with Crippen LogP contribution in [0.25, 0.3) is 0 Å². The van der Waals surface area contributed by atoms with Gasteiger partial charge in [0.2, 0.25) is 0 Å². The Kier molecular flexibility index (Phi) is 2.82. The Bertz CT molecular complexity index is 265. The van der Waals surface area contributed by atoms with Crippen molar-refractivity contribution >= 4 is 11.8 Å². The average molecular weight is 172 g/mol. The van der Waals surface area contributed by atoms with Gasteiger partial charge >= 0.3 is 5.69 Å². The number of rotatable bonds is 3. The molecule has 0 aromatic carbocycles. The van der Waals surface area contributed by atoms with Crippen molar-refractivity contribution in [1.29, 1.82) is 0 Å². The van der Waals surface area contributed by atoms with Crippen LogP contribution in [0.15, 0.2) is 17.2 Å². The predicted octanol–water partition coefficient (Wildman–Crippen LogP) is 1.10. The van der Waals surface area contributed by atoms with Crippen LogP contribution < -0.4 is 5.69 Å². The molecule has 1 atom stereocenters. The fraction of sp³-hybridized carbons (Fsp3) is 0.571. The Balaban J connectivity index is 2.75. The van der Waals surface area contributed by atoms with Gasteiger partial charge in [0.25, 0.3) is 0 Å². The number of thioether (sulfide) groups is 1. The van der Waals surface area contributed by atoms with Gasteiger partial charge in [0.05, 0.1) is 0 Å². The number of imidazole rings is 1. The summed E-state index contributed by atoms with van der Waals surface area (Å²) in [4.78, 5) is 13.6. The van der Waals surface area contributed by atoms with Crippen LogP contribution in [0.4, 0.5) is 0 Å². The normalized spacial score (nSPS) is 13.3. The topological polar surface area (TPSA) is 37.8 Å². The van der Waals surface area contributed by atoms with Gasteiger partial charge in [-0.05, 0) is 13.2 Å². The summed E-state index contributed by atoms with van der Waals surface area (Å²) in [6.07, 6.45) is 5.48. The summed E-state index contributed by atoms with van der Waals surface area (Å²) in [7, 11) is 0. The monoisotopic (exact) mass is 172 g/mol. The molecule has 1 N–H and O–H groups in total.